The Balaban J connectivity index is 1.13. The zero-order valence-electron chi connectivity index (χ0n) is 32.6. The van der Waals surface area contributed by atoms with Crippen LogP contribution in [0.15, 0.2) is 72.4 Å². The van der Waals surface area contributed by atoms with Crippen molar-refractivity contribution in [3.63, 3.8) is 0 Å². The van der Waals surface area contributed by atoms with Crippen LogP contribution in [0.2, 0.25) is 0 Å². The summed E-state index contributed by atoms with van der Waals surface area (Å²) in [5.41, 5.74) is 2.48. The van der Waals surface area contributed by atoms with Gasteiger partial charge in [0.05, 0.1) is 0 Å². The second kappa shape index (κ2) is 20.1. The van der Waals surface area contributed by atoms with Crippen LogP contribution in [0.3, 0.4) is 0 Å². The van der Waals surface area contributed by atoms with Gasteiger partial charge in [0.1, 0.15) is 6.10 Å². The fourth-order valence-electron chi connectivity index (χ4n) is 10.7. The smallest absolute Gasteiger partial charge is 0.306 e. The Bertz CT molecular complexity index is 1180. The van der Waals surface area contributed by atoms with E-state index in [-0.39, 0.29) is 12.1 Å². The lowest BCUT2D eigenvalue weighted by atomic mass is 9.47. The molecule has 0 amide bonds. The van der Waals surface area contributed by atoms with Gasteiger partial charge in [0.2, 0.25) is 0 Å². The highest BCUT2D eigenvalue weighted by atomic mass is 16.5. The highest BCUT2D eigenvalue weighted by Gasteiger charge is 2.59. The van der Waals surface area contributed by atoms with E-state index in [4.69, 9.17) is 4.74 Å². The minimum absolute atomic E-state index is 0.00295. The van der Waals surface area contributed by atoms with Crippen molar-refractivity contribution in [3.8, 4) is 0 Å². The van der Waals surface area contributed by atoms with Crippen LogP contribution in [0.25, 0.3) is 0 Å². The monoisotopic (exact) mass is 671 g/mol. The Labute approximate surface area is 303 Å². The van der Waals surface area contributed by atoms with E-state index in [0.717, 1.165) is 93.3 Å². The van der Waals surface area contributed by atoms with Crippen LogP contribution in [0.4, 0.5) is 0 Å². The van der Waals surface area contributed by atoms with Gasteiger partial charge in [-0.15, -0.1) is 0 Å². The SMILES string of the molecule is CC/C=C\C/C=C\C/C=C\C/C=C\C/C=C\CCCC(=O)O[C@H]1CC[C@@]2(C)C(=CC[C@H]3[C@@H]4CC[C@H]([C@H](C)CCCC(C)C)[C@@]4(C)CC[C@@H]32)C1. The molecule has 3 fully saturated rings. The molecule has 0 bridgehead atoms. The number of rotatable bonds is 19. The number of ether oxygens (including phenoxy) is 1. The molecule has 0 aromatic carbocycles. The molecule has 4 aliphatic carbocycles. The Morgan fingerprint density at radius 1 is 0.796 bits per heavy atom. The van der Waals surface area contributed by atoms with E-state index in [0.29, 0.717) is 17.3 Å². The van der Waals surface area contributed by atoms with E-state index >= 15 is 0 Å². The van der Waals surface area contributed by atoms with Crippen molar-refractivity contribution in [2.45, 2.75) is 170 Å². The number of carbonyl (C=O) groups excluding carboxylic acids is 1. The second-order valence-corrected chi connectivity index (χ2v) is 17.2. The maximum Gasteiger partial charge on any atom is 0.306 e. The highest BCUT2D eigenvalue weighted by molar-refractivity contribution is 5.69. The van der Waals surface area contributed by atoms with Gasteiger partial charge in [0, 0.05) is 12.8 Å². The van der Waals surface area contributed by atoms with Gasteiger partial charge in [-0.3, -0.25) is 4.79 Å². The topological polar surface area (TPSA) is 26.3 Å². The quantitative estimate of drug-likeness (QED) is 0.0776. The average molecular weight is 671 g/mol. The Morgan fingerprint density at radius 2 is 1.45 bits per heavy atom. The van der Waals surface area contributed by atoms with Crippen molar-refractivity contribution in [1.29, 1.82) is 0 Å². The molecule has 0 N–H and O–H groups in total. The number of hydrogen-bond acceptors (Lipinski definition) is 2. The van der Waals surface area contributed by atoms with Crippen molar-refractivity contribution < 1.29 is 9.53 Å². The van der Waals surface area contributed by atoms with E-state index in [1.165, 1.54) is 57.8 Å². The third-order valence-corrected chi connectivity index (χ3v) is 13.5. The van der Waals surface area contributed by atoms with E-state index in [9.17, 15) is 4.79 Å². The zero-order chi connectivity index (χ0) is 35.1. The molecule has 0 aromatic heterocycles. The lowest BCUT2D eigenvalue weighted by molar-refractivity contribution is -0.151. The van der Waals surface area contributed by atoms with Crippen LogP contribution >= 0.6 is 0 Å². The number of esters is 1. The van der Waals surface area contributed by atoms with E-state index in [1.807, 2.05) is 0 Å². The third-order valence-electron chi connectivity index (χ3n) is 13.5. The first-order chi connectivity index (χ1) is 23.7. The largest absolute Gasteiger partial charge is 0.462 e. The van der Waals surface area contributed by atoms with Crippen molar-refractivity contribution in [2.75, 3.05) is 0 Å². The predicted octanol–water partition coefficient (Wildman–Crippen LogP) is 13.9. The average Bonchev–Trinajstić information content (AvgIpc) is 3.43. The molecule has 49 heavy (non-hydrogen) atoms. The summed E-state index contributed by atoms with van der Waals surface area (Å²) in [5.74, 6) is 5.20. The van der Waals surface area contributed by atoms with E-state index < -0.39 is 0 Å². The molecular formula is C47H74O2. The fraction of sp³-hybridized carbons (Fsp3) is 0.723. The van der Waals surface area contributed by atoms with Crippen LogP contribution in [0.1, 0.15) is 164 Å². The molecule has 3 saturated carbocycles. The van der Waals surface area contributed by atoms with Gasteiger partial charge in [-0.25, -0.2) is 0 Å². The van der Waals surface area contributed by atoms with Crippen molar-refractivity contribution in [2.24, 2.45) is 46.3 Å². The van der Waals surface area contributed by atoms with Gasteiger partial charge in [-0.05, 0) is 136 Å². The minimum atomic E-state index is 0.00295. The molecule has 0 aromatic rings. The lowest BCUT2D eigenvalue weighted by Gasteiger charge is -2.58. The normalized spacial score (nSPS) is 32.4. The van der Waals surface area contributed by atoms with E-state index in [2.05, 4.69) is 108 Å². The summed E-state index contributed by atoms with van der Waals surface area (Å²) in [4.78, 5) is 12.8. The molecule has 8 atom stereocenters. The van der Waals surface area contributed by atoms with Crippen molar-refractivity contribution in [3.05, 3.63) is 72.4 Å². The predicted molar refractivity (Wildman–Crippen MR) is 211 cm³/mol. The van der Waals surface area contributed by atoms with Gasteiger partial charge >= 0.3 is 5.97 Å². The van der Waals surface area contributed by atoms with Crippen LogP contribution in [-0.4, -0.2) is 12.1 Å². The summed E-state index contributed by atoms with van der Waals surface area (Å²) in [6.45, 7) is 14.8. The number of carbonyl (C=O) groups is 1. The summed E-state index contributed by atoms with van der Waals surface area (Å²) in [5, 5.41) is 0. The summed E-state index contributed by atoms with van der Waals surface area (Å²) in [6, 6.07) is 0. The molecule has 0 saturated heterocycles. The standard InChI is InChI=1S/C47H74O2/c1-7-8-9-10-11-12-13-14-15-16-17-18-19-20-21-22-23-27-45(48)49-40-32-34-46(5)39(36-40)28-29-41-43-31-30-42(38(4)26-24-25-37(2)3)47(43,6)35-33-44(41)46/h8-9,11-12,14-15,17-18,20-21,28,37-38,40-44H,7,10,13,16,19,22-27,29-36H2,1-6H3/b9-8-,12-11-,15-14-,18-17-,21-20-/t38-,40+,41+,42-,43+,44+,46+,47-/m1/s1. The van der Waals surface area contributed by atoms with Crippen LogP contribution < -0.4 is 0 Å². The number of hydrogen-bond donors (Lipinski definition) is 0. The van der Waals surface area contributed by atoms with Gasteiger partial charge in [0.15, 0.2) is 0 Å². The summed E-state index contributed by atoms with van der Waals surface area (Å²) in [6.07, 6.45) is 46.8. The molecule has 0 spiro atoms. The van der Waals surface area contributed by atoms with Crippen LogP contribution in [0, 0.1) is 46.3 Å². The van der Waals surface area contributed by atoms with Gasteiger partial charge < -0.3 is 4.74 Å². The maximum atomic E-state index is 12.8. The summed E-state index contributed by atoms with van der Waals surface area (Å²) < 4.78 is 6.09. The first-order valence-electron chi connectivity index (χ1n) is 20.8. The number of fused-ring (bicyclic) bond motifs is 5. The molecule has 0 radical (unpaired) electrons. The molecule has 274 valence electrons. The third kappa shape index (κ3) is 11.2. The van der Waals surface area contributed by atoms with Gasteiger partial charge in [0.25, 0.3) is 0 Å². The summed E-state index contributed by atoms with van der Waals surface area (Å²) in [7, 11) is 0. The molecule has 2 nitrogen and oxygen atoms in total. The fourth-order valence-corrected chi connectivity index (χ4v) is 10.7. The van der Waals surface area contributed by atoms with Crippen LogP contribution in [-0.2, 0) is 9.53 Å². The van der Waals surface area contributed by atoms with Gasteiger partial charge in [-0.2, -0.15) is 0 Å². The Hall–Kier alpha value is -2.09. The van der Waals surface area contributed by atoms with Gasteiger partial charge in [-0.1, -0.05) is 133 Å². The molecule has 4 rings (SSSR count). The van der Waals surface area contributed by atoms with Crippen molar-refractivity contribution in [1.82, 2.24) is 0 Å². The lowest BCUT2D eigenvalue weighted by Crippen LogP contribution is -2.51. The second-order valence-electron chi connectivity index (χ2n) is 17.2. The van der Waals surface area contributed by atoms with Crippen LogP contribution in [0.5, 0.6) is 0 Å². The maximum absolute atomic E-state index is 12.8. The molecular weight excluding hydrogens is 597 g/mol. The van der Waals surface area contributed by atoms with Crippen molar-refractivity contribution >= 4 is 5.97 Å². The zero-order valence-corrected chi connectivity index (χ0v) is 32.6. The number of allylic oxidation sites excluding steroid dienone is 11. The first kappa shape index (κ1) is 39.7. The molecule has 4 aliphatic rings. The molecule has 2 heteroatoms. The molecule has 0 aliphatic heterocycles. The highest BCUT2D eigenvalue weighted by Crippen LogP contribution is 2.67. The summed E-state index contributed by atoms with van der Waals surface area (Å²) >= 11 is 0. The first-order valence-corrected chi connectivity index (χ1v) is 20.8. The molecule has 0 unspecified atom stereocenters. The van der Waals surface area contributed by atoms with E-state index in [1.54, 1.807) is 5.57 Å². The minimum Gasteiger partial charge on any atom is -0.462 e. The Morgan fingerprint density at radius 3 is 2.10 bits per heavy atom. The number of unbranched alkanes of at least 4 members (excludes halogenated alkanes) is 1. The Kier molecular flexibility index (Phi) is 16.3. The molecule has 0 heterocycles.